The van der Waals surface area contributed by atoms with Crippen molar-refractivity contribution in [3.05, 3.63) is 166 Å². The van der Waals surface area contributed by atoms with Crippen LogP contribution in [0.25, 0.3) is 22.3 Å². The maximum Gasteiger partial charge on any atom is 0.230 e. The Hall–Kier alpha value is -6.56. The Balaban J connectivity index is 1.44. The number of rotatable bonds is 4. The van der Waals surface area contributed by atoms with Gasteiger partial charge in [0.2, 0.25) is 23.6 Å². The van der Waals surface area contributed by atoms with Crippen LogP contribution in [0.2, 0.25) is 0 Å². The van der Waals surface area contributed by atoms with Gasteiger partial charge in [-0.2, -0.15) is 0 Å². The van der Waals surface area contributed by atoms with Gasteiger partial charge in [-0.25, -0.2) is 19.9 Å². The first-order valence-corrected chi connectivity index (χ1v) is 13.7. The number of fused-ring (bicyclic) bond motifs is 8. The molecular formula is C32H20N8O4. The van der Waals surface area contributed by atoms with E-state index in [0.717, 1.165) is 66.5 Å². The van der Waals surface area contributed by atoms with E-state index in [-0.39, 0.29) is 0 Å². The maximum atomic E-state index is 5.81. The van der Waals surface area contributed by atoms with Gasteiger partial charge < -0.3 is 37.6 Å². The van der Waals surface area contributed by atoms with Crippen molar-refractivity contribution in [3.63, 3.8) is 0 Å². The summed E-state index contributed by atoms with van der Waals surface area (Å²) in [5.41, 5.74) is 6.01. The van der Waals surface area contributed by atoms with Crippen molar-refractivity contribution >= 4 is 22.3 Å². The lowest BCUT2D eigenvalue weighted by atomic mass is 10.1. The Morgan fingerprint density at radius 2 is 0.614 bits per heavy atom. The molecule has 212 valence electrons. The number of H-pyrrole nitrogens is 4. The van der Waals surface area contributed by atoms with Crippen molar-refractivity contribution in [3.8, 4) is 0 Å². The Morgan fingerprint density at radius 3 is 0.841 bits per heavy atom. The summed E-state index contributed by atoms with van der Waals surface area (Å²) < 4.78 is 23.2. The van der Waals surface area contributed by atoms with Crippen LogP contribution in [-0.2, 0) is 0 Å². The molecule has 0 aliphatic carbocycles. The minimum Gasteiger partial charge on any atom is -0.444 e. The topological polar surface area (TPSA) is 167 Å². The first kappa shape index (κ1) is 24.1. The van der Waals surface area contributed by atoms with Crippen LogP contribution in [0.4, 0.5) is 0 Å². The molecule has 8 aromatic rings. The molecule has 12 nitrogen and oxygen atoms in total. The van der Waals surface area contributed by atoms with Gasteiger partial charge in [0.05, 0.1) is 91.3 Å². The highest BCUT2D eigenvalue weighted by Crippen LogP contribution is 2.26. The minimum absolute atomic E-state index is 0.442. The SMILES string of the molecule is c1coc(C2=c3ccc([nH]3)=C(c3ncco3)c3ccc([nH]3)C(c3ncco3)=c3ccc([nH]3)=C(c3ncco3)c3ccc2[nH]3)n1. The zero-order valence-corrected chi connectivity index (χ0v) is 22.7. The molecule has 8 bridgehead atoms. The van der Waals surface area contributed by atoms with Gasteiger partial charge in [0.15, 0.2) is 0 Å². The number of nitrogens with one attached hydrogen (secondary N) is 4. The second-order valence-corrected chi connectivity index (χ2v) is 9.99. The maximum absolute atomic E-state index is 5.81. The van der Waals surface area contributed by atoms with E-state index in [1.807, 2.05) is 48.5 Å². The molecule has 0 atom stereocenters. The molecule has 0 amide bonds. The van der Waals surface area contributed by atoms with Crippen LogP contribution < -0.4 is 21.4 Å². The number of nitrogens with zero attached hydrogens (tertiary/aromatic N) is 4. The second-order valence-electron chi connectivity index (χ2n) is 9.99. The molecule has 0 aromatic carbocycles. The third-order valence-corrected chi connectivity index (χ3v) is 7.48. The molecule has 4 N–H and O–H groups in total. The summed E-state index contributed by atoms with van der Waals surface area (Å²) in [4.78, 5) is 32.1. The van der Waals surface area contributed by atoms with Crippen molar-refractivity contribution in [2.45, 2.75) is 0 Å². The highest BCUT2D eigenvalue weighted by Gasteiger charge is 2.22. The normalized spacial score (nSPS) is 13.3. The van der Waals surface area contributed by atoms with Crippen LogP contribution >= 0.6 is 0 Å². The fourth-order valence-electron chi connectivity index (χ4n) is 5.64. The van der Waals surface area contributed by atoms with E-state index in [9.17, 15) is 0 Å². The van der Waals surface area contributed by atoms with Crippen molar-refractivity contribution in [2.75, 3.05) is 0 Å². The van der Waals surface area contributed by atoms with Gasteiger partial charge in [-0.3, -0.25) is 0 Å². The lowest BCUT2D eigenvalue weighted by molar-refractivity contribution is 0.541. The number of aromatic nitrogens is 8. The number of hydrogen-bond acceptors (Lipinski definition) is 8. The highest BCUT2D eigenvalue weighted by atomic mass is 16.3. The van der Waals surface area contributed by atoms with E-state index >= 15 is 0 Å². The standard InChI is InChI=1S/C32H20N8O4/c1-2-18-26(30-34-10-14-42-30)20-5-6-22(39-20)28(32-36-12-16-44-32)24-8-7-23(40-24)27(31-35-11-15-43-31)21-4-3-19(38-21)25(17(1)37-18)29-33-9-13-41-29/h1-16,37-40H. The molecule has 9 rings (SSSR count). The van der Waals surface area contributed by atoms with Crippen molar-refractivity contribution in [1.82, 2.24) is 39.9 Å². The Bertz CT molecular complexity index is 2140. The van der Waals surface area contributed by atoms with Gasteiger partial charge in [-0.05, 0) is 48.5 Å². The summed E-state index contributed by atoms with van der Waals surface area (Å²) in [6, 6.07) is 15.8. The molecule has 0 saturated heterocycles. The highest BCUT2D eigenvalue weighted by molar-refractivity contribution is 5.80. The van der Waals surface area contributed by atoms with Crippen LogP contribution in [0.1, 0.15) is 46.3 Å². The smallest absolute Gasteiger partial charge is 0.230 e. The molecule has 0 fully saturated rings. The second kappa shape index (κ2) is 9.49. The summed E-state index contributed by atoms with van der Waals surface area (Å²) in [7, 11) is 0. The number of oxazole rings is 4. The van der Waals surface area contributed by atoms with E-state index in [1.54, 1.807) is 49.8 Å². The van der Waals surface area contributed by atoms with Gasteiger partial charge in [-0.15, -0.1) is 0 Å². The van der Waals surface area contributed by atoms with E-state index < -0.39 is 0 Å². The molecular weight excluding hydrogens is 560 g/mol. The number of hydrogen-bond donors (Lipinski definition) is 4. The molecule has 44 heavy (non-hydrogen) atoms. The van der Waals surface area contributed by atoms with Gasteiger partial charge in [0.1, 0.15) is 25.1 Å². The molecule has 1 aliphatic heterocycles. The number of aromatic amines is 4. The lowest BCUT2D eigenvalue weighted by Gasteiger charge is -2.04. The zero-order valence-electron chi connectivity index (χ0n) is 22.7. The van der Waals surface area contributed by atoms with Crippen LogP contribution in [0, 0.1) is 0 Å². The Labute approximate surface area is 245 Å². The summed E-state index contributed by atoms with van der Waals surface area (Å²) >= 11 is 0. The van der Waals surface area contributed by atoms with Crippen molar-refractivity contribution in [2.24, 2.45) is 0 Å². The van der Waals surface area contributed by atoms with Crippen molar-refractivity contribution < 1.29 is 17.7 Å². The van der Waals surface area contributed by atoms with Crippen LogP contribution in [0.5, 0.6) is 0 Å². The molecule has 8 aromatic heterocycles. The average molecular weight is 581 g/mol. The lowest BCUT2D eigenvalue weighted by Crippen LogP contribution is -2.19. The van der Waals surface area contributed by atoms with Crippen LogP contribution in [0.15, 0.2) is 116 Å². The first-order chi connectivity index (χ1) is 21.8. The Morgan fingerprint density at radius 1 is 0.341 bits per heavy atom. The fourth-order valence-corrected chi connectivity index (χ4v) is 5.64. The third kappa shape index (κ3) is 3.78. The average Bonchev–Trinajstić information content (AvgIpc) is 3.90. The van der Waals surface area contributed by atoms with Gasteiger partial charge in [0, 0.05) is 0 Å². The predicted octanol–water partition coefficient (Wildman–Crippen LogP) is 2.25. The largest absolute Gasteiger partial charge is 0.444 e. The first-order valence-electron chi connectivity index (χ1n) is 13.7. The van der Waals surface area contributed by atoms with E-state index in [4.69, 9.17) is 17.7 Å². The van der Waals surface area contributed by atoms with E-state index in [2.05, 4.69) is 39.9 Å². The molecule has 0 saturated carbocycles. The molecule has 0 radical (unpaired) electrons. The summed E-state index contributed by atoms with van der Waals surface area (Å²) in [6.45, 7) is 0. The molecule has 0 spiro atoms. The Kier molecular flexibility index (Phi) is 5.19. The minimum atomic E-state index is 0.442. The van der Waals surface area contributed by atoms with Gasteiger partial charge in [0.25, 0.3) is 0 Å². The van der Waals surface area contributed by atoms with Crippen LogP contribution in [0.3, 0.4) is 0 Å². The molecule has 1 aliphatic rings. The quantitative estimate of drug-likeness (QED) is 0.246. The van der Waals surface area contributed by atoms with Crippen molar-refractivity contribution in [1.29, 1.82) is 0 Å². The summed E-state index contributed by atoms with van der Waals surface area (Å²) in [5.74, 6) is 1.77. The van der Waals surface area contributed by atoms with E-state index in [1.165, 1.54) is 0 Å². The monoisotopic (exact) mass is 580 g/mol. The summed E-state index contributed by atoms with van der Waals surface area (Å²) in [6.07, 6.45) is 12.7. The fraction of sp³-hybridized carbons (Fsp3) is 0. The van der Waals surface area contributed by atoms with Crippen LogP contribution in [-0.4, -0.2) is 39.9 Å². The third-order valence-electron chi connectivity index (χ3n) is 7.48. The molecule has 12 heteroatoms. The van der Waals surface area contributed by atoms with Gasteiger partial charge >= 0.3 is 0 Å². The molecule has 0 unspecified atom stereocenters. The summed E-state index contributed by atoms with van der Waals surface area (Å²) in [5, 5.41) is 3.08. The van der Waals surface area contributed by atoms with Gasteiger partial charge in [-0.1, -0.05) is 0 Å². The van der Waals surface area contributed by atoms with E-state index in [0.29, 0.717) is 23.6 Å². The molecule has 9 heterocycles. The zero-order chi connectivity index (χ0) is 29.0. The predicted molar refractivity (Wildman–Crippen MR) is 154 cm³/mol.